The van der Waals surface area contributed by atoms with Crippen LogP contribution in [0.4, 0.5) is 13.2 Å². The number of carbonyl (C=O) groups excluding carboxylic acids is 1. The Morgan fingerprint density at radius 3 is 2.25 bits per heavy atom. The highest BCUT2D eigenvalue weighted by Crippen LogP contribution is 2.38. The largest absolute Gasteiger partial charge is 0.477 e. The van der Waals surface area contributed by atoms with Crippen molar-refractivity contribution in [3.05, 3.63) is 22.4 Å². The van der Waals surface area contributed by atoms with E-state index in [4.69, 9.17) is 4.74 Å². The SMILES string of the molecule is CCOc1nc(C(F)(F)F)c(C(=O)SC)c(CC(C)C)c1C(=O)O. The van der Waals surface area contributed by atoms with E-state index in [0.29, 0.717) is 11.8 Å². The summed E-state index contributed by atoms with van der Waals surface area (Å²) in [4.78, 5) is 27.0. The molecule has 0 aromatic carbocycles. The van der Waals surface area contributed by atoms with E-state index in [9.17, 15) is 27.9 Å². The van der Waals surface area contributed by atoms with Crippen molar-refractivity contribution in [1.29, 1.82) is 0 Å². The van der Waals surface area contributed by atoms with Gasteiger partial charge in [0.15, 0.2) is 5.69 Å². The molecule has 5 nitrogen and oxygen atoms in total. The minimum absolute atomic E-state index is 0.0189. The van der Waals surface area contributed by atoms with Crippen LogP contribution in [0.15, 0.2) is 0 Å². The van der Waals surface area contributed by atoms with Gasteiger partial charge in [0.2, 0.25) is 11.0 Å². The topological polar surface area (TPSA) is 76.5 Å². The summed E-state index contributed by atoms with van der Waals surface area (Å²) in [7, 11) is 0. The van der Waals surface area contributed by atoms with Gasteiger partial charge < -0.3 is 9.84 Å². The van der Waals surface area contributed by atoms with Crippen LogP contribution in [0.2, 0.25) is 0 Å². The van der Waals surface area contributed by atoms with Crippen LogP contribution in [0.5, 0.6) is 5.88 Å². The fourth-order valence-corrected chi connectivity index (χ4v) is 2.64. The molecule has 0 fully saturated rings. The quantitative estimate of drug-likeness (QED) is 0.824. The van der Waals surface area contributed by atoms with E-state index in [0.717, 1.165) is 0 Å². The maximum absolute atomic E-state index is 13.4. The Labute approximate surface area is 141 Å². The third kappa shape index (κ3) is 4.40. The average molecular weight is 365 g/mol. The molecule has 24 heavy (non-hydrogen) atoms. The number of rotatable bonds is 6. The normalized spacial score (nSPS) is 11.7. The number of carboxylic acids is 1. The number of hydrogen-bond acceptors (Lipinski definition) is 5. The third-order valence-corrected chi connectivity index (χ3v) is 3.61. The molecule has 1 aromatic heterocycles. The summed E-state index contributed by atoms with van der Waals surface area (Å²) in [5.74, 6) is -2.27. The molecule has 0 aliphatic carbocycles. The van der Waals surface area contributed by atoms with Gasteiger partial charge >= 0.3 is 12.1 Å². The number of carbonyl (C=O) groups is 2. The molecule has 1 rings (SSSR count). The number of aromatic nitrogens is 1. The second-order valence-corrected chi connectivity index (χ2v) is 6.10. The second kappa shape index (κ2) is 7.87. The Balaban J connectivity index is 3.95. The van der Waals surface area contributed by atoms with E-state index in [2.05, 4.69) is 4.98 Å². The Morgan fingerprint density at radius 1 is 1.29 bits per heavy atom. The number of aromatic carboxylic acids is 1. The molecule has 0 aliphatic heterocycles. The van der Waals surface area contributed by atoms with Crippen molar-refractivity contribution in [2.24, 2.45) is 5.92 Å². The maximum atomic E-state index is 13.4. The first-order valence-corrected chi connectivity index (χ1v) is 8.35. The van der Waals surface area contributed by atoms with Gasteiger partial charge in [-0.1, -0.05) is 25.6 Å². The van der Waals surface area contributed by atoms with Crippen LogP contribution in [0.3, 0.4) is 0 Å². The minimum atomic E-state index is -4.91. The van der Waals surface area contributed by atoms with Gasteiger partial charge in [-0.15, -0.1) is 0 Å². The number of carboxylic acid groups (broad SMARTS) is 1. The molecule has 0 unspecified atom stereocenters. The van der Waals surface area contributed by atoms with Crippen LogP contribution in [-0.2, 0) is 12.6 Å². The van der Waals surface area contributed by atoms with Crippen molar-refractivity contribution in [3.8, 4) is 5.88 Å². The van der Waals surface area contributed by atoms with Gasteiger partial charge in [-0.3, -0.25) is 4.79 Å². The summed E-state index contributed by atoms with van der Waals surface area (Å²) in [6.45, 7) is 4.88. The van der Waals surface area contributed by atoms with Crippen molar-refractivity contribution in [3.63, 3.8) is 0 Å². The van der Waals surface area contributed by atoms with Crippen molar-refractivity contribution in [2.45, 2.75) is 33.4 Å². The molecule has 1 N–H and O–H groups in total. The molecule has 0 radical (unpaired) electrons. The number of thioether (sulfide) groups is 1. The third-order valence-electron chi connectivity index (χ3n) is 3.03. The number of ether oxygens (including phenoxy) is 1. The molecule has 9 heteroatoms. The predicted molar refractivity (Wildman–Crippen MR) is 83.8 cm³/mol. The molecule has 0 saturated carbocycles. The molecule has 0 saturated heterocycles. The number of pyridine rings is 1. The van der Waals surface area contributed by atoms with E-state index in [1.165, 1.54) is 13.2 Å². The number of halogens is 3. The van der Waals surface area contributed by atoms with Gasteiger partial charge in [0, 0.05) is 0 Å². The van der Waals surface area contributed by atoms with Crippen LogP contribution >= 0.6 is 11.8 Å². The summed E-state index contributed by atoms with van der Waals surface area (Å²) < 4.78 is 45.2. The Hall–Kier alpha value is -1.77. The molecule has 0 atom stereocenters. The number of alkyl halides is 3. The highest BCUT2D eigenvalue weighted by Gasteiger charge is 2.41. The summed E-state index contributed by atoms with van der Waals surface area (Å²) in [6, 6.07) is 0. The lowest BCUT2D eigenvalue weighted by Gasteiger charge is -2.20. The highest BCUT2D eigenvalue weighted by atomic mass is 32.2. The molecule has 134 valence electrons. The van der Waals surface area contributed by atoms with Crippen LogP contribution in [0, 0.1) is 5.92 Å². The zero-order chi connectivity index (χ0) is 18.7. The first-order valence-electron chi connectivity index (χ1n) is 7.12. The lowest BCUT2D eigenvalue weighted by Crippen LogP contribution is -2.22. The first-order chi connectivity index (χ1) is 11.0. The second-order valence-electron chi connectivity index (χ2n) is 5.32. The summed E-state index contributed by atoms with van der Waals surface area (Å²) in [6.07, 6.45) is -3.59. The van der Waals surface area contributed by atoms with Gasteiger partial charge in [-0.05, 0) is 31.1 Å². The average Bonchev–Trinajstić information content (AvgIpc) is 2.44. The van der Waals surface area contributed by atoms with E-state index in [-0.39, 0.29) is 24.5 Å². The van der Waals surface area contributed by atoms with Crippen molar-refractivity contribution >= 4 is 22.8 Å². The standard InChI is InChI=1S/C15H18F3NO4S/c1-5-23-12-10(13(20)21)8(6-7(2)3)9(14(22)24-4)11(19-12)15(16,17)18/h7H,5-6H2,1-4H3,(H,20,21). The van der Waals surface area contributed by atoms with Crippen LogP contribution in [0.25, 0.3) is 0 Å². The van der Waals surface area contributed by atoms with E-state index < -0.39 is 40.0 Å². The molecule has 0 spiro atoms. The smallest absolute Gasteiger partial charge is 0.434 e. The van der Waals surface area contributed by atoms with Crippen molar-refractivity contribution < 1.29 is 32.6 Å². The molecule has 0 bridgehead atoms. The zero-order valence-electron chi connectivity index (χ0n) is 13.7. The Bertz CT molecular complexity index is 645. The molecule has 1 aromatic rings. The lowest BCUT2D eigenvalue weighted by molar-refractivity contribution is -0.141. The van der Waals surface area contributed by atoms with Gasteiger partial charge in [0.05, 0.1) is 12.2 Å². The first kappa shape index (κ1) is 20.3. The number of hydrogen-bond donors (Lipinski definition) is 1. The summed E-state index contributed by atoms with van der Waals surface area (Å²) >= 11 is 0.576. The van der Waals surface area contributed by atoms with Gasteiger partial charge in [0.25, 0.3) is 0 Å². The molecule has 0 amide bonds. The van der Waals surface area contributed by atoms with Crippen LogP contribution in [0.1, 0.15) is 52.7 Å². The fourth-order valence-electron chi connectivity index (χ4n) is 2.21. The van der Waals surface area contributed by atoms with Crippen molar-refractivity contribution in [2.75, 3.05) is 12.9 Å². The lowest BCUT2D eigenvalue weighted by atomic mass is 9.93. The minimum Gasteiger partial charge on any atom is -0.477 e. The predicted octanol–water partition coefficient (Wildman–Crippen LogP) is 3.90. The van der Waals surface area contributed by atoms with Gasteiger partial charge in [-0.25, -0.2) is 9.78 Å². The summed E-state index contributed by atoms with van der Waals surface area (Å²) in [5.41, 5.74) is -2.80. The van der Waals surface area contributed by atoms with Crippen LogP contribution in [-0.4, -0.2) is 34.0 Å². The maximum Gasteiger partial charge on any atom is 0.434 e. The fraction of sp³-hybridized carbons (Fsp3) is 0.533. The van der Waals surface area contributed by atoms with Gasteiger partial charge in [-0.2, -0.15) is 13.2 Å². The highest BCUT2D eigenvalue weighted by molar-refractivity contribution is 8.13. The van der Waals surface area contributed by atoms with Gasteiger partial charge in [0.1, 0.15) is 5.56 Å². The molecular formula is C15H18F3NO4S. The zero-order valence-corrected chi connectivity index (χ0v) is 14.5. The Kier molecular flexibility index (Phi) is 6.65. The van der Waals surface area contributed by atoms with E-state index in [1.807, 2.05) is 0 Å². The molecular weight excluding hydrogens is 347 g/mol. The summed E-state index contributed by atoms with van der Waals surface area (Å²) in [5, 5.41) is 8.56. The molecule has 0 aliphatic rings. The van der Waals surface area contributed by atoms with E-state index >= 15 is 0 Å². The van der Waals surface area contributed by atoms with E-state index in [1.54, 1.807) is 13.8 Å². The Morgan fingerprint density at radius 2 is 1.88 bits per heavy atom. The van der Waals surface area contributed by atoms with Crippen molar-refractivity contribution in [1.82, 2.24) is 4.98 Å². The number of nitrogens with zero attached hydrogens (tertiary/aromatic N) is 1. The monoisotopic (exact) mass is 365 g/mol. The van der Waals surface area contributed by atoms with Crippen LogP contribution < -0.4 is 4.74 Å². The molecule has 1 heterocycles.